The van der Waals surface area contributed by atoms with Crippen molar-refractivity contribution in [1.82, 2.24) is 9.88 Å². The fourth-order valence-electron chi connectivity index (χ4n) is 2.09. The maximum absolute atomic E-state index is 12.1. The van der Waals surface area contributed by atoms with E-state index in [2.05, 4.69) is 9.88 Å². The number of benzene rings is 1. The molecule has 2 aromatic rings. The molecule has 0 radical (unpaired) electrons. The summed E-state index contributed by atoms with van der Waals surface area (Å²) in [7, 11) is 3.64. The molecule has 0 fully saturated rings. The molecule has 0 saturated heterocycles. The molecule has 2 rings (SSSR count). The number of ether oxygens (including phenoxy) is 1. The second-order valence-corrected chi connectivity index (χ2v) is 4.84. The van der Waals surface area contributed by atoms with Crippen LogP contribution in [0.25, 0.3) is 0 Å². The zero-order valence-electron chi connectivity index (χ0n) is 12.1. The SMILES string of the molecule is COCc1cccc(C(=O)NCc2ccc(C)n2C)c1. The molecule has 1 aromatic heterocycles. The molecule has 1 N–H and O–H groups in total. The molecule has 1 amide bonds. The smallest absolute Gasteiger partial charge is 0.251 e. The van der Waals surface area contributed by atoms with Gasteiger partial charge in [0.25, 0.3) is 5.91 Å². The lowest BCUT2D eigenvalue weighted by molar-refractivity contribution is 0.0950. The number of aryl methyl sites for hydroxylation is 1. The molecule has 4 heteroatoms. The first-order valence-electron chi connectivity index (χ1n) is 6.59. The van der Waals surface area contributed by atoms with Crippen molar-refractivity contribution in [3.63, 3.8) is 0 Å². The minimum Gasteiger partial charge on any atom is -0.380 e. The second kappa shape index (κ2) is 6.39. The van der Waals surface area contributed by atoms with Gasteiger partial charge in [0.15, 0.2) is 0 Å². The Kier molecular flexibility index (Phi) is 4.58. The lowest BCUT2D eigenvalue weighted by Gasteiger charge is -2.08. The molecule has 0 aliphatic heterocycles. The molecule has 106 valence electrons. The van der Waals surface area contributed by atoms with E-state index in [0.717, 1.165) is 11.3 Å². The van der Waals surface area contributed by atoms with E-state index in [9.17, 15) is 4.79 Å². The average molecular weight is 272 g/mol. The average Bonchev–Trinajstić information content (AvgIpc) is 2.77. The Bertz CT molecular complexity index is 602. The molecule has 0 aliphatic rings. The van der Waals surface area contributed by atoms with Gasteiger partial charge < -0.3 is 14.6 Å². The molecular weight excluding hydrogens is 252 g/mol. The molecule has 1 aromatic carbocycles. The van der Waals surface area contributed by atoms with Gasteiger partial charge in [-0.15, -0.1) is 0 Å². The van der Waals surface area contributed by atoms with Crippen LogP contribution in [0.2, 0.25) is 0 Å². The lowest BCUT2D eigenvalue weighted by Crippen LogP contribution is -2.24. The molecular formula is C16H20N2O2. The van der Waals surface area contributed by atoms with Crippen molar-refractivity contribution in [1.29, 1.82) is 0 Å². The van der Waals surface area contributed by atoms with Crippen LogP contribution in [0.15, 0.2) is 36.4 Å². The molecule has 1 heterocycles. The second-order valence-electron chi connectivity index (χ2n) is 4.84. The Morgan fingerprint density at radius 2 is 2.10 bits per heavy atom. The predicted octanol–water partition coefficient (Wildman–Crippen LogP) is 2.41. The highest BCUT2D eigenvalue weighted by Gasteiger charge is 2.07. The number of amides is 1. The third-order valence-corrected chi connectivity index (χ3v) is 3.41. The van der Waals surface area contributed by atoms with E-state index in [0.29, 0.717) is 18.7 Å². The van der Waals surface area contributed by atoms with Crippen molar-refractivity contribution in [3.8, 4) is 0 Å². The Morgan fingerprint density at radius 1 is 1.30 bits per heavy atom. The summed E-state index contributed by atoms with van der Waals surface area (Å²) in [4.78, 5) is 12.1. The van der Waals surface area contributed by atoms with Crippen LogP contribution in [0.1, 0.15) is 27.3 Å². The van der Waals surface area contributed by atoms with Gasteiger partial charge in [0, 0.05) is 31.1 Å². The monoisotopic (exact) mass is 272 g/mol. The van der Waals surface area contributed by atoms with E-state index in [1.165, 1.54) is 5.69 Å². The molecule has 0 atom stereocenters. The molecule has 0 bridgehead atoms. The van der Waals surface area contributed by atoms with Crippen LogP contribution in [0, 0.1) is 6.92 Å². The van der Waals surface area contributed by atoms with E-state index < -0.39 is 0 Å². The van der Waals surface area contributed by atoms with Gasteiger partial charge in [0.1, 0.15) is 0 Å². The van der Waals surface area contributed by atoms with E-state index in [4.69, 9.17) is 4.74 Å². The summed E-state index contributed by atoms with van der Waals surface area (Å²) >= 11 is 0. The van der Waals surface area contributed by atoms with Crippen LogP contribution in [0.5, 0.6) is 0 Å². The molecule has 0 aliphatic carbocycles. The highest BCUT2D eigenvalue weighted by Crippen LogP contribution is 2.08. The van der Waals surface area contributed by atoms with Crippen LogP contribution < -0.4 is 5.32 Å². The number of nitrogens with zero attached hydrogens (tertiary/aromatic N) is 1. The molecule has 20 heavy (non-hydrogen) atoms. The minimum atomic E-state index is -0.0678. The van der Waals surface area contributed by atoms with Crippen molar-refractivity contribution in [2.45, 2.75) is 20.1 Å². The fraction of sp³-hybridized carbons (Fsp3) is 0.312. The van der Waals surface area contributed by atoms with Crippen LogP contribution in [-0.4, -0.2) is 17.6 Å². The first-order valence-corrected chi connectivity index (χ1v) is 6.59. The number of hydrogen-bond donors (Lipinski definition) is 1. The Balaban J connectivity index is 2.01. The third kappa shape index (κ3) is 3.27. The zero-order valence-corrected chi connectivity index (χ0v) is 12.1. The van der Waals surface area contributed by atoms with Crippen molar-refractivity contribution >= 4 is 5.91 Å². The van der Waals surface area contributed by atoms with Gasteiger partial charge in [0.05, 0.1) is 13.2 Å². The number of nitrogens with one attached hydrogen (secondary N) is 1. The summed E-state index contributed by atoms with van der Waals surface area (Å²) in [5, 5.41) is 2.94. The Labute approximate surface area is 119 Å². The summed E-state index contributed by atoms with van der Waals surface area (Å²) in [5.74, 6) is -0.0678. The van der Waals surface area contributed by atoms with Crippen molar-refractivity contribution in [2.75, 3.05) is 7.11 Å². The van der Waals surface area contributed by atoms with E-state index in [-0.39, 0.29) is 5.91 Å². The molecule has 0 saturated carbocycles. The largest absolute Gasteiger partial charge is 0.380 e. The minimum absolute atomic E-state index is 0.0678. The maximum atomic E-state index is 12.1. The maximum Gasteiger partial charge on any atom is 0.251 e. The van der Waals surface area contributed by atoms with E-state index >= 15 is 0 Å². The van der Waals surface area contributed by atoms with Crippen LogP contribution in [-0.2, 0) is 24.9 Å². The van der Waals surface area contributed by atoms with Gasteiger partial charge in [-0.25, -0.2) is 0 Å². The highest BCUT2D eigenvalue weighted by atomic mass is 16.5. The first kappa shape index (κ1) is 14.3. The van der Waals surface area contributed by atoms with Crippen molar-refractivity contribution in [3.05, 3.63) is 58.9 Å². The van der Waals surface area contributed by atoms with Gasteiger partial charge >= 0.3 is 0 Å². The van der Waals surface area contributed by atoms with Gasteiger partial charge in [0.2, 0.25) is 0 Å². The summed E-state index contributed by atoms with van der Waals surface area (Å²) < 4.78 is 7.15. The van der Waals surface area contributed by atoms with Gasteiger partial charge in [-0.3, -0.25) is 4.79 Å². The normalized spacial score (nSPS) is 10.6. The van der Waals surface area contributed by atoms with Crippen LogP contribution in [0.3, 0.4) is 0 Å². The van der Waals surface area contributed by atoms with Gasteiger partial charge in [-0.2, -0.15) is 0 Å². The quantitative estimate of drug-likeness (QED) is 0.908. The van der Waals surface area contributed by atoms with Crippen LogP contribution >= 0.6 is 0 Å². The summed E-state index contributed by atoms with van der Waals surface area (Å²) in [5.41, 5.74) is 3.92. The number of hydrogen-bond acceptors (Lipinski definition) is 2. The number of carbonyl (C=O) groups excluding carboxylic acids is 1. The number of aromatic nitrogens is 1. The molecule has 4 nitrogen and oxygen atoms in total. The first-order chi connectivity index (χ1) is 9.61. The summed E-state index contributed by atoms with van der Waals surface area (Å²) in [6, 6.07) is 11.5. The third-order valence-electron chi connectivity index (χ3n) is 3.41. The number of carbonyl (C=O) groups is 1. The van der Waals surface area contributed by atoms with Crippen molar-refractivity contribution in [2.24, 2.45) is 7.05 Å². The molecule has 0 spiro atoms. The van der Waals surface area contributed by atoms with Crippen molar-refractivity contribution < 1.29 is 9.53 Å². The standard InChI is InChI=1S/C16H20N2O2/c1-12-7-8-15(18(12)2)10-17-16(19)14-6-4-5-13(9-14)11-20-3/h4-9H,10-11H2,1-3H3,(H,17,19). The summed E-state index contributed by atoms with van der Waals surface area (Å²) in [6.07, 6.45) is 0. The summed E-state index contributed by atoms with van der Waals surface area (Å²) in [6.45, 7) is 3.08. The zero-order chi connectivity index (χ0) is 14.5. The van der Waals surface area contributed by atoms with Gasteiger partial charge in [-0.05, 0) is 36.8 Å². The number of rotatable bonds is 5. The predicted molar refractivity (Wildman–Crippen MR) is 78.5 cm³/mol. The Morgan fingerprint density at radius 3 is 2.75 bits per heavy atom. The number of methoxy groups -OCH3 is 1. The van der Waals surface area contributed by atoms with Crippen LogP contribution in [0.4, 0.5) is 0 Å². The highest BCUT2D eigenvalue weighted by molar-refractivity contribution is 5.94. The fourth-order valence-corrected chi connectivity index (χ4v) is 2.09. The lowest BCUT2D eigenvalue weighted by atomic mass is 10.1. The molecule has 0 unspecified atom stereocenters. The Hall–Kier alpha value is -2.07. The van der Waals surface area contributed by atoms with E-state index in [1.807, 2.05) is 50.4 Å². The topological polar surface area (TPSA) is 43.3 Å². The van der Waals surface area contributed by atoms with E-state index in [1.54, 1.807) is 7.11 Å². The van der Waals surface area contributed by atoms with Gasteiger partial charge in [-0.1, -0.05) is 12.1 Å².